The lowest BCUT2D eigenvalue weighted by Gasteiger charge is -2.29. The van der Waals surface area contributed by atoms with E-state index in [2.05, 4.69) is 20.5 Å². The molecule has 0 saturated heterocycles. The third-order valence-electron chi connectivity index (χ3n) is 5.77. The number of nitrogens with zero attached hydrogens (tertiary/aromatic N) is 3. The van der Waals surface area contributed by atoms with Gasteiger partial charge in [-0.1, -0.05) is 20.8 Å². The van der Waals surface area contributed by atoms with E-state index in [9.17, 15) is 18.8 Å². The van der Waals surface area contributed by atoms with Gasteiger partial charge in [0.2, 0.25) is 11.8 Å². The summed E-state index contributed by atoms with van der Waals surface area (Å²) in [5, 5.41) is 5.39. The van der Waals surface area contributed by atoms with Crippen molar-refractivity contribution in [2.75, 3.05) is 20.6 Å². The molecule has 178 valence electrons. The molecule has 0 fully saturated rings. The van der Waals surface area contributed by atoms with Crippen LogP contribution in [0, 0.1) is 11.2 Å². The fourth-order valence-corrected chi connectivity index (χ4v) is 3.98. The first-order chi connectivity index (χ1) is 15.4. The summed E-state index contributed by atoms with van der Waals surface area (Å²) >= 11 is 0. The van der Waals surface area contributed by atoms with Gasteiger partial charge in [-0.25, -0.2) is 9.37 Å². The predicted molar refractivity (Wildman–Crippen MR) is 122 cm³/mol. The first kappa shape index (κ1) is 24.4. The van der Waals surface area contributed by atoms with Crippen LogP contribution in [-0.2, 0) is 17.9 Å². The predicted octanol–water partition coefficient (Wildman–Crippen LogP) is 1.51. The summed E-state index contributed by atoms with van der Waals surface area (Å²) < 4.78 is 16.6. The van der Waals surface area contributed by atoms with Crippen LogP contribution >= 0.6 is 0 Å². The molecule has 0 bridgehead atoms. The van der Waals surface area contributed by atoms with Crippen LogP contribution in [0.4, 0.5) is 4.39 Å². The van der Waals surface area contributed by atoms with Crippen LogP contribution < -0.4 is 16.4 Å². The first-order valence-electron chi connectivity index (χ1n) is 10.8. The number of fused-ring (bicyclic) bond motifs is 1. The molecule has 0 radical (unpaired) electrons. The quantitative estimate of drug-likeness (QED) is 0.627. The second-order valence-electron chi connectivity index (χ2n) is 9.42. The number of hydrogen-bond acceptors (Lipinski definition) is 5. The molecule has 0 spiro atoms. The van der Waals surface area contributed by atoms with E-state index in [0.717, 1.165) is 13.0 Å². The van der Waals surface area contributed by atoms with Gasteiger partial charge in [0.15, 0.2) is 5.69 Å². The van der Waals surface area contributed by atoms with Crippen LogP contribution in [-0.4, -0.2) is 58.9 Å². The molecular weight excluding hydrogens is 427 g/mol. The van der Waals surface area contributed by atoms with Crippen molar-refractivity contribution in [3.05, 3.63) is 41.0 Å². The Morgan fingerprint density at radius 2 is 1.91 bits per heavy atom. The third-order valence-corrected chi connectivity index (χ3v) is 5.77. The molecule has 10 heteroatoms. The van der Waals surface area contributed by atoms with E-state index in [1.807, 2.05) is 32.4 Å². The van der Waals surface area contributed by atoms with Crippen LogP contribution in [0.1, 0.15) is 53.7 Å². The number of aromatic nitrogens is 2. The molecule has 4 N–H and O–H groups in total. The summed E-state index contributed by atoms with van der Waals surface area (Å²) in [6, 6.07) is 3.04. The van der Waals surface area contributed by atoms with Crippen LogP contribution in [0.3, 0.4) is 0 Å². The number of halogens is 1. The zero-order valence-electron chi connectivity index (χ0n) is 19.7. The lowest BCUT2D eigenvalue weighted by Crippen LogP contribution is -2.53. The number of rotatable bonds is 5. The van der Waals surface area contributed by atoms with Crippen molar-refractivity contribution in [3.63, 3.8) is 0 Å². The minimum Gasteiger partial charge on any atom is -0.366 e. The Hall–Kier alpha value is -3.27. The van der Waals surface area contributed by atoms with Crippen molar-refractivity contribution in [3.8, 4) is 11.4 Å². The summed E-state index contributed by atoms with van der Waals surface area (Å²) in [6.07, 6.45) is 0.772. The normalized spacial score (nSPS) is 15.3. The number of imidazole rings is 1. The first-order valence-corrected chi connectivity index (χ1v) is 10.8. The molecule has 1 aliphatic heterocycles. The molecular formula is C23H31FN6O3. The molecule has 1 aliphatic rings. The van der Waals surface area contributed by atoms with Gasteiger partial charge in [0, 0.05) is 25.7 Å². The highest BCUT2D eigenvalue weighted by Crippen LogP contribution is 2.29. The van der Waals surface area contributed by atoms with Crippen molar-refractivity contribution in [2.45, 2.75) is 46.3 Å². The third kappa shape index (κ3) is 5.05. The molecule has 0 saturated carbocycles. The molecule has 0 aliphatic carbocycles. The molecule has 3 rings (SSSR count). The van der Waals surface area contributed by atoms with Gasteiger partial charge in [-0.15, -0.1) is 0 Å². The standard InChI is InChI=1S/C23H31FN6O3/c1-23(2,3)18(22(33)26-4)28-21(32)17-16-12-29(5)9-6-10-30(16)20(27-17)14-11-13(19(25)31)7-8-15(14)24/h7-8,11,18H,6,9-10,12H2,1-5H3,(H2,25,31)(H,26,33)(H,28,32). The number of carbonyl (C=O) groups is 3. The largest absolute Gasteiger partial charge is 0.366 e. The van der Waals surface area contributed by atoms with Crippen molar-refractivity contribution >= 4 is 17.7 Å². The molecule has 3 amide bonds. The number of carbonyl (C=O) groups excluding carboxylic acids is 3. The Bertz CT molecular complexity index is 1090. The number of primary amides is 1. The van der Waals surface area contributed by atoms with Crippen molar-refractivity contribution in [1.29, 1.82) is 0 Å². The van der Waals surface area contributed by atoms with Gasteiger partial charge in [0.1, 0.15) is 17.7 Å². The maximum atomic E-state index is 14.8. The average Bonchev–Trinajstić information content (AvgIpc) is 2.96. The lowest BCUT2D eigenvalue weighted by molar-refractivity contribution is -0.124. The Kier molecular flexibility index (Phi) is 6.87. The lowest BCUT2D eigenvalue weighted by atomic mass is 9.86. The van der Waals surface area contributed by atoms with Crippen LogP contribution in [0.15, 0.2) is 18.2 Å². The van der Waals surface area contributed by atoms with E-state index in [4.69, 9.17) is 5.73 Å². The minimum atomic E-state index is -0.797. The average molecular weight is 459 g/mol. The van der Waals surface area contributed by atoms with Gasteiger partial charge in [0.25, 0.3) is 5.91 Å². The number of benzene rings is 1. The summed E-state index contributed by atoms with van der Waals surface area (Å²) in [7, 11) is 3.44. The highest BCUT2D eigenvalue weighted by molar-refractivity contribution is 5.98. The minimum absolute atomic E-state index is 0.0924. The maximum absolute atomic E-state index is 14.8. The van der Waals surface area contributed by atoms with E-state index in [1.54, 1.807) is 0 Å². The van der Waals surface area contributed by atoms with E-state index in [0.29, 0.717) is 18.8 Å². The zero-order chi connectivity index (χ0) is 24.5. The van der Waals surface area contributed by atoms with Gasteiger partial charge in [-0.05, 0) is 43.6 Å². The smallest absolute Gasteiger partial charge is 0.272 e. The second-order valence-corrected chi connectivity index (χ2v) is 9.42. The Morgan fingerprint density at radius 1 is 1.21 bits per heavy atom. The van der Waals surface area contributed by atoms with Crippen molar-refractivity contribution < 1.29 is 18.8 Å². The zero-order valence-corrected chi connectivity index (χ0v) is 19.7. The summed E-state index contributed by atoms with van der Waals surface area (Å²) in [4.78, 5) is 44.0. The molecule has 2 aromatic rings. The molecule has 33 heavy (non-hydrogen) atoms. The number of likely N-dealkylation sites (N-methyl/N-ethyl adjacent to an activating group) is 1. The Morgan fingerprint density at radius 3 is 2.52 bits per heavy atom. The Labute approximate surface area is 192 Å². The van der Waals surface area contributed by atoms with Gasteiger partial charge in [0.05, 0.1) is 11.3 Å². The molecule has 9 nitrogen and oxygen atoms in total. The highest BCUT2D eigenvalue weighted by atomic mass is 19.1. The van der Waals surface area contributed by atoms with Crippen LogP contribution in [0.5, 0.6) is 0 Å². The molecule has 2 heterocycles. The summed E-state index contributed by atoms with van der Waals surface area (Å²) in [5.74, 6) is -1.85. The summed E-state index contributed by atoms with van der Waals surface area (Å²) in [6.45, 7) is 7.29. The van der Waals surface area contributed by atoms with Crippen molar-refractivity contribution in [1.82, 2.24) is 25.1 Å². The SMILES string of the molecule is CNC(=O)C(NC(=O)c1nc(-c2cc(C(N)=O)ccc2F)n2c1CN(C)CCC2)C(C)(C)C. The monoisotopic (exact) mass is 458 g/mol. The van der Waals surface area contributed by atoms with E-state index in [-0.39, 0.29) is 28.6 Å². The van der Waals surface area contributed by atoms with Gasteiger partial charge in [-0.3, -0.25) is 14.4 Å². The van der Waals surface area contributed by atoms with Gasteiger partial charge >= 0.3 is 0 Å². The van der Waals surface area contributed by atoms with Gasteiger partial charge in [-0.2, -0.15) is 0 Å². The van der Waals surface area contributed by atoms with Gasteiger partial charge < -0.3 is 25.8 Å². The fourth-order valence-electron chi connectivity index (χ4n) is 3.98. The van der Waals surface area contributed by atoms with E-state index < -0.39 is 29.1 Å². The highest BCUT2D eigenvalue weighted by Gasteiger charge is 2.35. The number of nitrogens with one attached hydrogen (secondary N) is 2. The van der Waals surface area contributed by atoms with Crippen molar-refractivity contribution in [2.24, 2.45) is 11.1 Å². The number of hydrogen-bond donors (Lipinski definition) is 3. The summed E-state index contributed by atoms with van der Waals surface area (Å²) in [5.41, 5.74) is 5.82. The van der Waals surface area contributed by atoms with E-state index in [1.165, 1.54) is 25.2 Å². The van der Waals surface area contributed by atoms with Crippen LogP contribution in [0.2, 0.25) is 0 Å². The molecule has 1 aromatic carbocycles. The number of amides is 3. The van der Waals surface area contributed by atoms with Crippen LogP contribution in [0.25, 0.3) is 11.4 Å². The topological polar surface area (TPSA) is 122 Å². The maximum Gasteiger partial charge on any atom is 0.272 e. The Balaban J connectivity index is 2.13. The molecule has 1 atom stereocenters. The fraction of sp³-hybridized carbons (Fsp3) is 0.478. The molecule has 1 aromatic heterocycles. The molecule has 1 unspecified atom stereocenters. The van der Waals surface area contributed by atoms with E-state index >= 15 is 0 Å². The second kappa shape index (κ2) is 9.30. The number of nitrogens with two attached hydrogens (primary N) is 1.